The minimum Gasteiger partial charge on any atom is -0.362 e. The number of carbonyl (C=O) groups is 1. The lowest BCUT2D eigenvalue weighted by molar-refractivity contribution is 0.0435. The second-order valence-electron chi connectivity index (χ2n) is 5.86. The minimum absolute atomic E-state index is 0.0457. The molecule has 0 saturated carbocycles. The molecule has 0 aromatic heterocycles. The van der Waals surface area contributed by atoms with Crippen LogP contribution < -0.4 is 5.32 Å². The summed E-state index contributed by atoms with van der Waals surface area (Å²) in [5.74, 6) is -0.0457. The number of nitrogens with zero attached hydrogens (tertiary/aromatic N) is 2. The van der Waals surface area contributed by atoms with Crippen LogP contribution in [0.1, 0.15) is 28.8 Å². The summed E-state index contributed by atoms with van der Waals surface area (Å²) in [6, 6.07) is 7.93. The van der Waals surface area contributed by atoms with Crippen LogP contribution in [0, 0.1) is 0 Å². The first-order chi connectivity index (χ1) is 10.8. The van der Waals surface area contributed by atoms with Crippen LogP contribution in [0.15, 0.2) is 49.2 Å². The van der Waals surface area contributed by atoms with Gasteiger partial charge in [-0.3, -0.25) is 9.69 Å². The molecule has 1 unspecified atom stereocenters. The molecule has 1 saturated heterocycles. The molecule has 22 heavy (non-hydrogen) atoms. The third-order valence-corrected chi connectivity index (χ3v) is 4.32. The standard InChI is InChI=1S/C18H23N3O/c1-2-10-19-18(22)16-8-6-15(7-9-16)14-21-13-4-12-20-11-3-5-17(20)21/h2-3,6-9,11,17H,1,4-5,10,12-14H2,(H,19,22). The number of benzene rings is 1. The zero-order valence-electron chi connectivity index (χ0n) is 12.9. The van der Waals surface area contributed by atoms with Gasteiger partial charge in [-0.25, -0.2) is 0 Å². The van der Waals surface area contributed by atoms with Crippen molar-refractivity contribution in [1.82, 2.24) is 15.1 Å². The lowest BCUT2D eigenvalue weighted by Gasteiger charge is -2.40. The topological polar surface area (TPSA) is 35.6 Å². The molecule has 3 rings (SSSR count). The molecular weight excluding hydrogens is 274 g/mol. The van der Waals surface area contributed by atoms with E-state index in [1.54, 1.807) is 6.08 Å². The van der Waals surface area contributed by atoms with Gasteiger partial charge < -0.3 is 10.2 Å². The third-order valence-electron chi connectivity index (χ3n) is 4.32. The Hall–Kier alpha value is -2.07. The molecule has 0 bridgehead atoms. The number of rotatable bonds is 5. The Morgan fingerprint density at radius 1 is 1.32 bits per heavy atom. The van der Waals surface area contributed by atoms with E-state index in [0.29, 0.717) is 18.3 Å². The van der Waals surface area contributed by atoms with Crippen molar-refractivity contribution in [3.05, 3.63) is 60.3 Å². The highest BCUT2D eigenvalue weighted by molar-refractivity contribution is 5.94. The average Bonchev–Trinajstić information content (AvgIpc) is 3.03. The molecule has 4 heteroatoms. The molecule has 0 aliphatic carbocycles. The van der Waals surface area contributed by atoms with E-state index in [1.807, 2.05) is 12.1 Å². The number of nitrogens with one attached hydrogen (secondary N) is 1. The molecular formula is C18H23N3O. The van der Waals surface area contributed by atoms with Crippen LogP contribution in [0.5, 0.6) is 0 Å². The van der Waals surface area contributed by atoms with Crippen LogP contribution >= 0.6 is 0 Å². The van der Waals surface area contributed by atoms with Crippen LogP contribution in [0.2, 0.25) is 0 Å². The summed E-state index contributed by atoms with van der Waals surface area (Å²) in [7, 11) is 0. The Labute approximate surface area is 132 Å². The van der Waals surface area contributed by atoms with Gasteiger partial charge in [-0.2, -0.15) is 0 Å². The quantitative estimate of drug-likeness (QED) is 0.848. The first kappa shape index (κ1) is 14.9. The normalized spacial score (nSPS) is 20.7. The molecule has 0 spiro atoms. The van der Waals surface area contributed by atoms with Gasteiger partial charge in [-0.1, -0.05) is 24.3 Å². The third kappa shape index (κ3) is 3.22. The maximum atomic E-state index is 11.9. The highest BCUT2D eigenvalue weighted by atomic mass is 16.1. The summed E-state index contributed by atoms with van der Waals surface area (Å²) in [5.41, 5.74) is 1.96. The number of carbonyl (C=O) groups excluding carboxylic acids is 1. The first-order valence-corrected chi connectivity index (χ1v) is 7.92. The number of hydrogen-bond donors (Lipinski definition) is 1. The maximum Gasteiger partial charge on any atom is 0.251 e. The predicted molar refractivity (Wildman–Crippen MR) is 88.3 cm³/mol. The van der Waals surface area contributed by atoms with Gasteiger partial charge >= 0.3 is 0 Å². The first-order valence-electron chi connectivity index (χ1n) is 7.92. The van der Waals surface area contributed by atoms with Crippen molar-refractivity contribution in [2.75, 3.05) is 19.6 Å². The number of amides is 1. The summed E-state index contributed by atoms with van der Waals surface area (Å²) in [6.07, 6.45) is 9.01. The Bertz CT molecular complexity index is 564. The Kier molecular flexibility index (Phi) is 4.59. The van der Waals surface area contributed by atoms with Gasteiger partial charge in [0, 0.05) is 38.2 Å². The van der Waals surface area contributed by atoms with Gasteiger partial charge in [0.15, 0.2) is 0 Å². The van der Waals surface area contributed by atoms with E-state index in [1.165, 1.54) is 18.5 Å². The highest BCUT2D eigenvalue weighted by Crippen LogP contribution is 2.24. The van der Waals surface area contributed by atoms with Crippen molar-refractivity contribution in [2.45, 2.75) is 25.6 Å². The molecule has 1 aromatic rings. The Morgan fingerprint density at radius 3 is 2.91 bits per heavy atom. The van der Waals surface area contributed by atoms with E-state index >= 15 is 0 Å². The van der Waals surface area contributed by atoms with E-state index in [2.05, 4.69) is 46.1 Å². The van der Waals surface area contributed by atoms with Crippen molar-refractivity contribution in [3.63, 3.8) is 0 Å². The van der Waals surface area contributed by atoms with Gasteiger partial charge in [-0.05, 0) is 30.3 Å². The molecule has 1 amide bonds. The van der Waals surface area contributed by atoms with Gasteiger partial charge in [0.05, 0.1) is 6.17 Å². The zero-order valence-corrected chi connectivity index (χ0v) is 12.9. The summed E-state index contributed by atoms with van der Waals surface area (Å²) < 4.78 is 0. The molecule has 116 valence electrons. The molecule has 1 N–H and O–H groups in total. The fraction of sp³-hybridized carbons (Fsp3) is 0.389. The van der Waals surface area contributed by atoms with Crippen LogP contribution in [0.3, 0.4) is 0 Å². The number of hydrogen-bond acceptors (Lipinski definition) is 3. The van der Waals surface area contributed by atoms with Crippen LogP contribution in [0.4, 0.5) is 0 Å². The van der Waals surface area contributed by atoms with Gasteiger partial charge in [0.2, 0.25) is 0 Å². The summed E-state index contributed by atoms with van der Waals surface area (Å²) in [5, 5.41) is 2.80. The average molecular weight is 297 g/mol. The molecule has 1 aromatic carbocycles. The summed E-state index contributed by atoms with van der Waals surface area (Å²) in [6.45, 7) is 7.35. The van der Waals surface area contributed by atoms with Crippen LogP contribution in [-0.4, -0.2) is 41.5 Å². The van der Waals surface area contributed by atoms with Crippen molar-refractivity contribution in [3.8, 4) is 0 Å². The second-order valence-corrected chi connectivity index (χ2v) is 5.86. The summed E-state index contributed by atoms with van der Waals surface area (Å²) >= 11 is 0. The van der Waals surface area contributed by atoms with Crippen LogP contribution in [-0.2, 0) is 6.54 Å². The monoisotopic (exact) mass is 297 g/mol. The zero-order chi connectivity index (χ0) is 15.4. The lowest BCUT2D eigenvalue weighted by atomic mass is 10.1. The molecule has 1 atom stereocenters. The predicted octanol–water partition coefficient (Wildman–Crippen LogP) is 2.35. The van der Waals surface area contributed by atoms with E-state index < -0.39 is 0 Å². The van der Waals surface area contributed by atoms with Crippen molar-refractivity contribution >= 4 is 5.91 Å². The number of fused-ring (bicyclic) bond motifs is 1. The van der Waals surface area contributed by atoms with Crippen LogP contribution in [0.25, 0.3) is 0 Å². The van der Waals surface area contributed by atoms with Crippen molar-refractivity contribution in [1.29, 1.82) is 0 Å². The maximum absolute atomic E-state index is 11.9. The van der Waals surface area contributed by atoms with Gasteiger partial charge in [-0.15, -0.1) is 6.58 Å². The Balaban J connectivity index is 1.61. The van der Waals surface area contributed by atoms with Crippen molar-refractivity contribution in [2.24, 2.45) is 0 Å². The SMILES string of the molecule is C=CCNC(=O)c1ccc(CN2CCCN3C=CCC32)cc1. The molecule has 4 nitrogen and oxygen atoms in total. The largest absolute Gasteiger partial charge is 0.362 e. The van der Waals surface area contributed by atoms with Gasteiger partial charge in [0.25, 0.3) is 5.91 Å². The molecule has 0 radical (unpaired) electrons. The summed E-state index contributed by atoms with van der Waals surface area (Å²) in [4.78, 5) is 16.8. The van der Waals surface area contributed by atoms with E-state index in [4.69, 9.17) is 0 Å². The molecule has 2 aliphatic rings. The smallest absolute Gasteiger partial charge is 0.251 e. The fourth-order valence-electron chi connectivity index (χ4n) is 3.19. The second kappa shape index (κ2) is 6.79. The van der Waals surface area contributed by atoms with Crippen molar-refractivity contribution < 1.29 is 4.79 Å². The van der Waals surface area contributed by atoms with E-state index in [0.717, 1.165) is 19.5 Å². The Morgan fingerprint density at radius 2 is 2.14 bits per heavy atom. The molecule has 2 aliphatic heterocycles. The van der Waals surface area contributed by atoms with Gasteiger partial charge in [0.1, 0.15) is 0 Å². The molecule has 2 heterocycles. The van der Waals surface area contributed by atoms with E-state index in [9.17, 15) is 4.79 Å². The minimum atomic E-state index is -0.0457. The van der Waals surface area contributed by atoms with E-state index in [-0.39, 0.29) is 5.91 Å². The molecule has 1 fully saturated rings. The fourth-order valence-corrected chi connectivity index (χ4v) is 3.19. The highest BCUT2D eigenvalue weighted by Gasteiger charge is 2.29. The lowest BCUT2D eigenvalue weighted by Crippen LogP contribution is -2.48.